The first-order valence-electron chi connectivity index (χ1n) is 8.87. The number of aromatic nitrogens is 2. The van der Waals surface area contributed by atoms with Crippen LogP contribution >= 0.6 is 39.0 Å². The molecule has 0 saturated carbocycles. The van der Waals surface area contributed by atoms with Gasteiger partial charge in [-0.2, -0.15) is 0 Å². The summed E-state index contributed by atoms with van der Waals surface area (Å²) in [6.07, 6.45) is 1.50. The molecule has 4 aromatic rings. The number of thiophene rings is 1. The molecule has 0 saturated heterocycles. The molecule has 9 heteroatoms. The Morgan fingerprint density at radius 1 is 1.00 bits per heavy atom. The van der Waals surface area contributed by atoms with E-state index in [4.69, 9.17) is 0 Å². The van der Waals surface area contributed by atoms with E-state index in [1.807, 2.05) is 30.3 Å². The lowest BCUT2D eigenvalue weighted by Crippen LogP contribution is -2.42. The molecule has 2 aromatic carbocycles. The van der Waals surface area contributed by atoms with Crippen LogP contribution in [-0.4, -0.2) is 27.5 Å². The van der Waals surface area contributed by atoms with Crippen molar-refractivity contribution in [3.8, 4) is 11.1 Å². The van der Waals surface area contributed by atoms with E-state index in [9.17, 15) is 9.59 Å². The molecule has 2 heterocycles. The highest BCUT2D eigenvalue weighted by molar-refractivity contribution is 9.10. The lowest BCUT2D eigenvalue weighted by Gasteiger charge is -2.08. The number of nitrogens with one attached hydrogen (secondary N) is 2. The number of halogens is 1. The van der Waals surface area contributed by atoms with Crippen molar-refractivity contribution in [2.75, 3.05) is 5.75 Å². The first kappa shape index (κ1) is 20.5. The molecule has 2 aromatic heterocycles. The van der Waals surface area contributed by atoms with Crippen molar-refractivity contribution in [2.45, 2.75) is 5.03 Å². The van der Waals surface area contributed by atoms with Gasteiger partial charge in [0, 0.05) is 21.0 Å². The zero-order chi connectivity index (χ0) is 20.9. The van der Waals surface area contributed by atoms with Crippen molar-refractivity contribution in [3.05, 3.63) is 76.3 Å². The van der Waals surface area contributed by atoms with E-state index in [0.29, 0.717) is 5.56 Å². The van der Waals surface area contributed by atoms with E-state index in [-0.39, 0.29) is 17.6 Å². The Bertz CT molecular complexity index is 1200. The number of hydrogen-bond acceptors (Lipinski definition) is 6. The summed E-state index contributed by atoms with van der Waals surface area (Å²) < 4.78 is 0.874. The number of benzene rings is 2. The summed E-state index contributed by atoms with van der Waals surface area (Å²) in [5.41, 5.74) is 7.44. The first-order valence-corrected chi connectivity index (χ1v) is 11.5. The molecule has 0 bridgehead atoms. The minimum Gasteiger partial charge on any atom is -0.272 e. The van der Waals surface area contributed by atoms with E-state index < -0.39 is 0 Å². The Kier molecular flexibility index (Phi) is 6.41. The maximum Gasteiger partial charge on any atom is 0.269 e. The number of thioether (sulfide) groups is 1. The molecule has 6 nitrogen and oxygen atoms in total. The summed E-state index contributed by atoms with van der Waals surface area (Å²) in [5.74, 6) is -0.597. The molecule has 0 atom stereocenters. The highest BCUT2D eigenvalue weighted by Crippen LogP contribution is 2.37. The van der Waals surface area contributed by atoms with Gasteiger partial charge in [0.05, 0.1) is 11.1 Å². The molecule has 2 amide bonds. The van der Waals surface area contributed by atoms with Crippen molar-refractivity contribution in [1.82, 2.24) is 20.8 Å². The van der Waals surface area contributed by atoms with E-state index in [1.165, 1.54) is 18.1 Å². The molecule has 0 aliphatic heterocycles. The molecule has 0 spiro atoms. The number of carbonyl (C=O) groups excluding carboxylic acids is 2. The van der Waals surface area contributed by atoms with Gasteiger partial charge in [-0.3, -0.25) is 20.4 Å². The van der Waals surface area contributed by atoms with E-state index in [0.717, 1.165) is 30.8 Å². The number of carbonyl (C=O) groups is 2. The lowest BCUT2D eigenvalue weighted by molar-refractivity contribution is -0.119. The molecule has 0 unspecified atom stereocenters. The van der Waals surface area contributed by atoms with Crippen LogP contribution in [0.15, 0.2) is 75.8 Å². The highest BCUT2D eigenvalue weighted by Gasteiger charge is 2.15. The Hall–Kier alpha value is -2.75. The molecule has 150 valence electrons. The van der Waals surface area contributed by atoms with Crippen molar-refractivity contribution in [2.24, 2.45) is 0 Å². The zero-order valence-electron chi connectivity index (χ0n) is 15.5. The van der Waals surface area contributed by atoms with Gasteiger partial charge in [-0.15, -0.1) is 11.3 Å². The molecular weight excluding hydrogens is 484 g/mol. The summed E-state index contributed by atoms with van der Waals surface area (Å²) in [6.45, 7) is 0. The molecule has 0 aliphatic carbocycles. The second-order valence-electron chi connectivity index (χ2n) is 6.17. The molecule has 30 heavy (non-hydrogen) atoms. The normalized spacial score (nSPS) is 10.7. The third-order valence-corrected chi connectivity index (χ3v) is 6.59. The number of fused-ring (bicyclic) bond motifs is 1. The van der Waals surface area contributed by atoms with Gasteiger partial charge in [-0.1, -0.05) is 58.0 Å². The number of hydrazine groups is 1. The average Bonchev–Trinajstić information content (AvgIpc) is 3.22. The number of nitrogens with zero attached hydrogens (tertiary/aromatic N) is 2. The number of hydrogen-bond donors (Lipinski definition) is 2. The number of amides is 2. The van der Waals surface area contributed by atoms with Gasteiger partial charge in [0.25, 0.3) is 5.91 Å². The largest absolute Gasteiger partial charge is 0.272 e. The molecule has 0 aliphatic rings. The standard InChI is InChI=1S/C21H15BrN4O2S2/c22-15-8-6-14(7-9-15)19(28)26-25-17(27)11-30-21-18-16(13-4-2-1-3-5-13)10-29-20(18)23-12-24-21/h1-10,12H,11H2,(H,25,27)(H,26,28). The van der Waals surface area contributed by atoms with Crippen LogP contribution in [0.1, 0.15) is 10.4 Å². The third-order valence-electron chi connectivity index (χ3n) is 4.18. The van der Waals surface area contributed by atoms with Gasteiger partial charge in [-0.25, -0.2) is 9.97 Å². The van der Waals surface area contributed by atoms with Crippen LogP contribution in [0.5, 0.6) is 0 Å². The second-order valence-corrected chi connectivity index (χ2v) is 8.91. The highest BCUT2D eigenvalue weighted by atomic mass is 79.9. The summed E-state index contributed by atoms with van der Waals surface area (Å²) in [7, 11) is 0. The Morgan fingerprint density at radius 3 is 2.53 bits per heavy atom. The first-order chi connectivity index (χ1) is 14.6. The van der Waals surface area contributed by atoms with Crippen molar-refractivity contribution < 1.29 is 9.59 Å². The minimum atomic E-state index is -0.380. The summed E-state index contributed by atoms with van der Waals surface area (Å²) >= 11 is 6.17. The molecular formula is C21H15BrN4O2S2. The van der Waals surface area contributed by atoms with E-state index in [2.05, 4.69) is 42.1 Å². The van der Waals surface area contributed by atoms with Crippen LogP contribution in [0.4, 0.5) is 0 Å². The maximum absolute atomic E-state index is 12.2. The predicted octanol–water partition coefficient (Wildman–Crippen LogP) is 4.67. The number of rotatable bonds is 5. The van der Waals surface area contributed by atoms with Crippen LogP contribution in [0.25, 0.3) is 21.3 Å². The molecule has 2 N–H and O–H groups in total. The second kappa shape index (κ2) is 9.38. The van der Waals surface area contributed by atoms with Crippen molar-refractivity contribution >= 4 is 61.1 Å². The average molecular weight is 499 g/mol. The summed E-state index contributed by atoms with van der Waals surface area (Å²) in [6, 6.07) is 16.9. The van der Waals surface area contributed by atoms with E-state index >= 15 is 0 Å². The van der Waals surface area contributed by atoms with Gasteiger partial charge < -0.3 is 0 Å². The van der Waals surface area contributed by atoms with Gasteiger partial charge in [0.2, 0.25) is 5.91 Å². The zero-order valence-corrected chi connectivity index (χ0v) is 18.7. The predicted molar refractivity (Wildman–Crippen MR) is 123 cm³/mol. The summed E-state index contributed by atoms with van der Waals surface area (Å²) in [4.78, 5) is 33.9. The topological polar surface area (TPSA) is 84.0 Å². The van der Waals surface area contributed by atoms with Crippen LogP contribution in [0, 0.1) is 0 Å². The van der Waals surface area contributed by atoms with Gasteiger partial charge in [0.1, 0.15) is 16.2 Å². The quantitative estimate of drug-likeness (QED) is 0.237. The van der Waals surface area contributed by atoms with Crippen LogP contribution in [0.2, 0.25) is 0 Å². The Morgan fingerprint density at radius 2 is 1.77 bits per heavy atom. The molecule has 4 rings (SSSR count). The fourth-order valence-corrected chi connectivity index (χ4v) is 4.81. The minimum absolute atomic E-state index is 0.108. The fraction of sp³-hybridized carbons (Fsp3) is 0.0476. The summed E-state index contributed by atoms with van der Waals surface area (Å²) in [5, 5.41) is 3.72. The van der Waals surface area contributed by atoms with Crippen LogP contribution in [-0.2, 0) is 4.79 Å². The van der Waals surface area contributed by atoms with Crippen molar-refractivity contribution in [1.29, 1.82) is 0 Å². The van der Waals surface area contributed by atoms with Gasteiger partial charge in [0.15, 0.2) is 0 Å². The fourth-order valence-electron chi connectivity index (χ4n) is 2.76. The third kappa shape index (κ3) is 4.69. The molecule has 0 radical (unpaired) electrons. The SMILES string of the molecule is O=C(CSc1ncnc2scc(-c3ccccc3)c12)NNC(=O)c1ccc(Br)cc1. The van der Waals surface area contributed by atoms with Gasteiger partial charge >= 0.3 is 0 Å². The van der Waals surface area contributed by atoms with Crippen molar-refractivity contribution in [3.63, 3.8) is 0 Å². The van der Waals surface area contributed by atoms with E-state index in [1.54, 1.807) is 35.6 Å². The monoisotopic (exact) mass is 498 g/mol. The van der Waals surface area contributed by atoms with Gasteiger partial charge in [-0.05, 0) is 29.8 Å². The van der Waals surface area contributed by atoms with Crippen LogP contribution in [0.3, 0.4) is 0 Å². The lowest BCUT2D eigenvalue weighted by atomic mass is 10.1. The Balaban J connectivity index is 1.42. The smallest absolute Gasteiger partial charge is 0.269 e. The Labute approximate surface area is 189 Å². The van der Waals surface area contributed by atoms with Crippen LogP contribution < -0.4 is 10.9 Å². The molecule has 0 fully saturated rings. The maximum atomic E-state index is 12.2.